The molecule has 0 aromatic rings. The van der Waals surface area contributed by atoms with Crippen molar-refractivity contribution in [2.75, 3.05) is 13.2 Å². The van der Waals surface area contributed by atoms with Gasteiger partial charge >= 0.3 is 17.9 Å². The summed E-state index contributed by atoms with van der Waals surface area (Å²) < 4.78 is 16.6. The molecular formula is C55H88O6. The lowest BCUT2D eigenvalue weighted by atomic mass is 10.1. The Morgan fingerprint density at radius 1 is 0.344 bits per heavy atom. The minimum Gasteiger partial charge on any atom is -0.462 e. The lowest BCUT2D eigenvalue weighted by molar-refractivity contribution is -0.166. The molecule has 0 aliphatic rings. The third-order valence-electron chi connectivity index (χ3n) is 9.79. The molecule has 0 aromatic heterocycles. The molecule has 0 aliphatic heterocycles. The van der Waals surface area contributed by atoms with Crippen LogP contribution in [0.2, 0.25) is 0 Å². The Hall–Kier alpha value is -3.93. The van der Waals surface area contributed by atoms with Crippen LogP contribution in [0.3, 0.4) is 0 Å². The number of allylic oxidation sites excluding steroid dienone is 18. The van der Waals surface area contributed by atoms with E-state index in [0.717, 1.165) is 103 Å². The second kappa shape index (κ2) is 48.7. The molecule has 0 saturated carbocycles. The Morgan fingerprint density at radius 2 is 0.672 bits per heavy atom. The molecule has 0 amide bonds. The number of carbonyl (C=O) groups is 3. The first-order chi connectivity index (χ1) is 30.0. The minimum absolute atomic E-state index is 0.118. The van der Waals surface area contributed by atoms with Gasteiger partial charge in [0.15, 0.2) is 6.10 Å². The lowest BCUT2D eigenvalue weighted by Gasteiger charge is -2.18. The molecule has 0 aliphatic carbocycles. The summed E-state index contributed by atoms with van der Waals surface area (Å²) >= 11 is 0. The SMILES string of the molecule is CC/C=C\C/C=C\C/C=C\C/C=C\C/C=C\CCCCCC(=O)OCC(COC(=O)CCCCCCCCCCCCC)OC(=O)CC/C=C\C/C=C\C/C=C\C/C=C\CC. The molecule has 0 aromatic carbocycles. The van der Waals surface area contributed by atoms with Gasteiger partial charge in [0, 0.05) is 19.3 Å². The van der Waals surface area contributed by atoms with E-state index < -0.39 is 12.1 Å². The molecule has 344 valence electrons. The Labute approximate surface area is 374 Å². The zero-order chi connectivity index (χ0) is 44.4. The second-order valence-corrected chi connectivity index (χ2v) is 15.6. The minimum atomic E-state index is -0.828. The standard InChI is InChI=1S/C55H88O6/c1-4-7-10-13-16-19-22-24-25-26-27-28-29-31-33-36-39-42-45-48-54(57)60-51-52(50-59-53(56)47-44-41-38-35-32-21-18-15-12-9-6-3)61-55(58)49-46-43-40-37-34-30-23-20-17-14-11-8-5-2/h7-8,10-11,16-17,19-20,24-25,27-28,30-31,33-34,40,43,52H,4-6,9,12-15,18,21-23,26,29,32,35-39,41-42,44-51H2,1-3H3/b10-7-,11-8-,19-16-,20-17-,25-24-,28-27-,33-31-,34-30-,43-40-. The van der Waals surface area contributed by atoms with Crippen molar-refractivity contribution in [3.05, 3.63) is 109 Å². The Balaban J connectivity index is 4.52. The van der Waals surface area contributed by atoms with Gasteiger partial charge in [-0.1, -0.05) is 201 Å². The fourth-order valence-electron chi connectivity index (χ4n) is 6.19. The molecular weight excluding hydrogens is 757 g/mol. The maximum absolute atomic E-state index is 12.7. The molecule has 1 unspecified atom stereocenters. The summed E-state index contributed by atoms with van der Waals surface area (Å²) in [5.41, 5.74) is 0. The second-order valence-electron chi connectivity index (χ2n) is 15.6. The molecule has 0 fully saturated rings. The van der Waals surface area contributed by atoms with Crippen molar-refractivity contribution in [3.63, 3.8) is 0 Å². The summed E-state index contributed by atoms with van der Waals surface area (Å²) in [6.07, 6.45) is 65.1. The third-order valence-corrected chi connectivity index (χ3v) is 9.79. The Bertz CT molecular complexity index is 1290. The molecule has 1 atom stereocenters. The molecule has 0 bridgehead atoms. The van der Waals surface area contributed by atoms with Crippen LogP contribution in [0.25, 0.3) is 0 Å². The Kier molecular flexibility index (Phi) is 45.6. The number of esters is 3. The van der Waals surface area contributed by atoms with Gasteiger partial charge in [-0.3, -0.25) is 14.4 Å². The molecule has 0 saturated heterocycles. The van der Waals surface area contributed by atoms with E-state index in [1.807, 2.05) is 12.2 Å². The zero-order valence-corrected chi connectivity index (χ0v) is 39.1. The maximum atomic E-state index is 12.7. The average Bonchev–Trinajstić information content (AvgIpc) is 3.26. The van der Waals surface area contributed by atoms with Crippen LogP contribution in [0.5, 0.6) is 0 Å². The van der Waals surface area contributed by atoms with Crippen LogP contribution in [0.1, 0.15) is 201 Å². The van der Waals surface area contributed by atoms with Gasteiger partial charge in [0.2, 0.25) is 0 Å². The van der Waals surface area contributed by atoms with Crippen molar-refractivity contribution in [3.8, 4) is 0 Å². The third kappa shape index (κ3) is 47.0. The predicted octanol–water partition coefficient (Wildman–Crippen LogP) is 16.0. The topological polar surface area (TPSA) is 78.9 Å². The predicted molar refractivity (Wildman–Crippen MR) is 260 cm³/mol. The fourth-order valence-corrected chi connectivity index (χ4v) is 6.19. The normalized spacial score (nSPS) is 13.0. The van der Waals surface area contributed by atoms with E-state index in [-0.39, 0.29) is 31.6 Å². The van der Waals surface area contributed by atoms with Gasteiger partial charge in [-0.25, -0.2) is 0 Å². The van der Waals surface area contributed by atoms with Crippen molar-refractivity contribution in [1.82, 2.24) is 0 Å². The van der Waals surface area contributed by atoms with Gasteiger partial charge in [-0.15, -0.1) is 0 Å². The number of carbonyl (C=O) groups excluding carboxylic acids is 3. The van der Waals surface area contributed by atoms with Gasteiger partial charge in [-0.2, -0.15) is 0 Å². The summed E-state index contributed by atoms with van der Waals surface area (Å²) in [4.78, 5) is 37.8. The van der Waals surface area contributed by atoms with Gasteiger partial charge in [-0.05, 0) is 89.9 Å². The van der Waals surface area contributed by atoms with Crippen molar-refractivity contribution in [1.29, 1.82) is 0 Å². The molecule has 0 rings (SSSR count). The van der Waals surface area contributed by atoms with Crippen molar-refractivity contribution in [2.24, 2.45) is 0 Å². The smallest absolute Gasteiger partial charge is 0.306 e. The van der Waals surface area contributed by atoms with Crippen LogP contribution >= 0.6 is 0 Å². The maximum Gasteiger partial charge on any atom is 0.306 e. The summed E-state index contributed by atoms with van der Waals surface area (Å²) in [7, 11) is 0. The van der Waals surface area contributed by atoms with Gasteiger partial charge in [0.05, 0.1) is 0 Å². The van der Waals surface area contributed by atoms with E-state index in [9.17, 15) is 14.4 Å². The number of hydrogen-bond donors (Lipinski definition) is 0. The highest BCUT2D eigenvalue weighted by atomic mass is 16.6. The first-order valence-corrected chi connectivity index (χ1v) is 24.4. The van der Waals surface area contributed by atoms with Crippen LogP contribution in [-0.2, 0) is 28.6 Å². The van der Waals surface area contributed by atoms with Gasteiger partial charge < -0.3 is 14.2 Å². The largest absolute Gasteiger partial charge is 0.462 e. The number of hydrogen-bond acceptors (Lipinski definition) is 6. The van der Waals surface area contributed by atoms with Crippen molar-refractivity contribution < 1.29 is 28.6 Å². The van der Waals surface area contributed by atoms with E-state index in [4.69, 9.17) is 14.2 Å². The molecule has 0 heterocycles. The molecule has 6 heteroatoms. The highest BCUT2D eigenvalue weighted by Crippen LogP contribution is 2.13. The van der Waals surface area contributed by atoms with E-state index in [1.165, 1.54) is 51.4 Å². The molecule has 0 spiro atoms. The first-order valence-electron chi connectivity index (χ1n) is 24.4. The lowest BCUT2D eigenvalue weighted by Crippen LogP contribution is -2.30. The average molecular weight is 845 g/mol. The highest BCUT2D eigenvalue weighted by molar-refractivity contribution is 5.71. The monoisotopic (exact) mass is 845 g/mol. The van der Waals surface area contributed by atoms with E-state index >= 15 is 0 Å². The van der Waals surface area contributed by atoms with Crippen molar-refractivity contribution >= 4 is 17.9 Å². The zero-order valence-electron chi connectivity index (χ0n) is 39.1. The summed E-state index contributed by atoms with van der Waals surface area (Å²) in [6.45, 7) is 6.29. The quantitative estimate of drug-likeness (QED) is 0.0264. The number of ether oxygens (including phenoxy) is 3. The molecule has 61 heavy (non-hydrogen) atoms. The van der Waals surface area contributed by atoms with Gasteiger partial charge in [0.25, 0.3) is 0 Å². The van der Waals surface area contributed by atoms with Crippen LogP contribution < -0.4 is 0 Å². The summed E-state index contributed by atoms with van der Waals surface area (Å²) in [5.74, 6) is -1.04. The van der Waals surface area contributed by atoms with E-state index in [1.54, 1.807) is 0 Å². The first kappa shape index (κ1) is 57.1. The van der Waals surface area contributed by atoms with Crippen LogP contribution in [0.15, 0.2) is 109 Å². The highest BCUT2D eigenvalue weighted by Gasteiger charge is 2.19. The Morgan fingerprint density at radius 3 is 1.07 bits per heavy atom. The van der Waals surface area contributed by atoms with Crippen LogP contribution in [0.4, 0.5) is 0 Å². The number of rotatable bonds is 42. The van der Waals surface area contributed by atoms with Crippen LogP contribution in [-0.4, -0.2) is 37.2 Å². The molecule has 0 N–H and O–H groups in total. The molecule has 0 radical (unpaired) electrons. The van der Waals surface area contributed by atoms with Gasteiger partial charge in [0.1, 0.15) is 13.2 Å². The number of unbranched alkanes of at least 4 members (excludes halogenated alkanes) is 13. The van der Waals surface area contributed by atoms with E-state index in [0.29, 0.717) is 19.3 Å². The van der Waals surface area contributed by atoms with Crippen LogP contribution in [0, 0.1) is 0 Å². The summed E-state index contributed by atoms with van der Waals surface area (Å²) in [5, 5.41) is 0. The van der Waals surface area contributed by atoms with E-state index in [2.05, 4.69) is 118 Å². The fraction of sp³-hybridized carbons (Fsp3) is 0.618. The molecule has 6 nitrogen and oxygen atoms in total. The van der Waals surface area contributed by atoms with Crippen molar-refractivity contribution in [2.45, 2.75) is 207 Å². The summed E-state index contributed by atoms with van der Waals surface area (Å²) in [6, 6.07) is 0.